The summed E-state index contributed by atoms with van der Waals surface area (Å²) in [4.78, 5) is 16.1. The van der Waals surface area contributed by atoms with Crippen LogP contribution in [0.1, 0.15) is 25.7 Å². The maximum Gasteiger partial charge on any atom is 0.401 e. The molecule has 2 heterocycles. The number of alkyl halides is 3. The molecule has 10 heteroatoms. The SMILES string of the molecule is O=C(C1CCCCN1S(=O)(=O)c1ccccc1)N1CCCN(CC(F)(F)F)CC1. The summed E-state index contributed by atoms with van der Waals surface area (Å²) in [6, 6.07) is 7.21. The molecule has 0 N–H and O–H groups in total. The van der Waals surface area contributed by atoms with Crippen LogP contribution in [-0.4, -0.2) is 79.9 Å². The molecule has 1 atom stereocenters. The number of amides is 1. The maximum atomic E-state index is 13.2. The molecular weight excluding hydrogens is 407 g/mol. The fourth-order valence-corrected chi connectivity index (χ4v) is 5.65. The van der Waals surface area contributed by atoms with Crippen LogP contribution < -0.4 is 0 Å². The number of carbonyl (C=O) groups is 1. The fourth-order valence-electron chi connectivity index (χ4n) is 3.98. The van der Waals surface area contributed by atoms with E-state index in [0.717, 1.165) is 6.42 Å². The van der Waals surface area contributed by atoms with Crippen molar-refractivity contribution in [2.24, 2.45) is 0 Å². The highest BCUT2D eigenvalue weighted by Gasteiger charge is 2.40. The number of hydrogen-bond acceptors (Lipinski definition) is 4. The van der Waals surface area contributed by atoms with Crippen molar-refractivity contribution in [3.05, 3.63) is 30.3 Å². The van der Waals surface area contributed by atoms with Crippen molar-refractivity contribution < 1.29 is 26.4 Å². The zero-order valence-electron chi connectivity index (χ0n) is 16.1. The minimum Gasteiger partial charge on any atom is -0.340 e. The van der Waals surface area contributed by atoms with Gasteiger partial charge in [-0.3, -0.25) is 9.69 Å². The molecule has 0 aliphatic carbocycles. The van der Waals surface area contributed by atoms with E-state index in [2.05, 4.69) is 0 Å². The van der Waals surface area contributed by atoms with Gasteiger partial charge < -0.3 is 4.90 Å². The predicted molar refractivity (Wildman–Crippen MR) is 102 cm³/mol. The van der Waals surface area contributed by atoms with E-state index in [-0.39, 0.29) is 37.0 Å². The smallest absolute Gasteiger partial charge is 0.340 e. The minimum absolute atomic E-state index is 0.128. The summed E-state index contributed by atoms with van der Waals surface area (Å²) in [6.45, 7) is 0.172. The van der Waals surface area contributed by atoms with Crippen molar-refractivity contribution in [2.45, 2.75) is 42.8 Å². The third-order valence-electron chi connectivity index (χ3n) is 5.39. The van der Waals surface area contributed by atoms with Crippen LogP contribution in [0.4, 0.5) is 13.2 Å². The lowest BCUT2D eigenvalue weighted by molar-refractivity contribution is -0.145. The van der Waals surface area contributed by atoms with Gasteiger partial charge in [-0.05, 0) is 31.4 Å². The van der Waals surface area contributed by atoms with Crippen molar-refractivity contribution in [3.8, 4) is 0 Å². The van der Waals surface area contributed by atoms with E-state index >= 15 is 0 Å². The van der Waals surface area contributed by atoms with E-state index in [9.17, 15) is 26.4 Å². The Kier molecular flexibility index (Phi) is 6.85. The third-order valence-corrected chi connectivity index (χ3v) is 7.31. The van der Waals surface area contributed by atoms with Crippen LogP contribution in [0.25, 0.3) is 0 Å². The largest absolute Gasteiger partial charge is 0.401 e. The first-order chi connectivity index (χ1) is 13.7. The number of rotatable bonds is 4. The van der Waals surface area contributed by atoms with Crippen molar-refractivity contribution in [2.75, 3.05) is 39.3 Å². The Hall–Kier alpha value is -1.65. The van der Waals surface area contributed by atoms with E-state index in [4.69, 9.17) is 0 Å². The summed E-state index contributed by atoms with van der Waals surface area (Å²) in [5, 5.41) is 0. The lowest BCUT2D eigenvalue weighted by atomic mass is 10.0. The Bertz CT molecular complexity index is 802. The van der Waals surface area contributed by atoms with Gasteiger partial charge in [-0.2, -0.15) is 17.5 Å². The number of carbonyl (C=O) groups excluding carboxylic acids is 1. The molecule has 1 aromatic rings. The molecule has 29 heavy (non-hydrogen) atoms. The van der Waals surface area contributed by atoms with Crippen molar-refractivity contribution >= 4 is 15.9 Å². The Balaban J connectivity index is 1.73. The first-order valence-corrected chi connectivity index (χ1v) is 11.3. The molecule has 2 aliphatic heterocycles. The molecule has 0 bridgehead atoms. The second-order valence-corrected chi connectivity index (χ2v) is 9.40. The quantitative estimate of drug-likeness (QED) is 0.731. The molecule has 6 nitrogen and oxygen atoms in total. The Morgan fingerprint density at radius 2 is 1.69 bits per heavy atom. The van der Waals surface area contributed by atoms with Crippen LogP contribution in [0.5, 0.6) is 0 Å². The summed E-state index contributed by atoms with van der Waals surface area (Å²) in [6.07, 6.45) is -2.00. The highest BCUT2D eigenvalue weighted by atomic mass is 32.2. The Morgan fingerprint density at radius 1 is 0.966 bits per heavy atom. The van der Waals surface area contributed by atoms with Gasteiger partial charge in [0.05, 0.1) is 11.4 Å². The average Bonchev–Trinajstić information content (AvgIpc) is 2.92. The molecule has 3 rings (SSSR count). The lowest BCUT2D eigenvalue weighted by Gasteiger charge is -2.36. The number of halogens is 3. The van der Waals surface area contributed by atoms with E-state index in [1.54, 1.807) is 18.2 Å². The second kappa shape index (κ2) is 9.01. The standard InChI is InChI=1S/C19H26F3N3O3S/c20-19(21,22)15-23-10-6-11-24(14-13-23)18(26)17-9-4-5-12-25(17)29(27,28)16-7-2-1-3-8-16/h1-3,7-8,17H,4-6,9-15H2. The van der Waals surface area contributed by atoms with Gasteiger partial charge in [0, 0.05) is 32.7 Å². The molecule has 1 aromatic carbocycles. The van der Waals surface area contributed by atoms with Gasteiger partial charge in [-0.1, -0.05) is 24.6 Å². The van der Waals surface area contributed by atoms with Crippen LogP contribution in [0.15, 0.2) is 35.2 Å². The number of benzene rings is 1. The Labute approximate surface area is 169 Å². The molecule has 0 radical (unpaired) electrons. The molecule has 2 aliphatic rings. The molecule has 0 aromatic heterocycles. The zero-order valence-corrected chi connectivity index (χ0v) is 17.0. The highest BCUT2D eigenvalue weighted by Crippen LogP contribution is 2.27. The summed E-state index contributed by atoms with van der Waals surface area (Å²) >= 11 is 0. The van der Waals surface area contributed by atoms with Crippen LogP contribution in [-0.2, 0) is 14.8 Å². The van der Waals surface area contributed by atoms with Crippen molar-refractivity contribution in [1.29, 1.82) is 0 Å². The molecule has 2 saturated heterocycles. The van der Waals surface area contributed by atoms with Crippen molar-refractivity contribution in [1.82, 2.24) is 14.1 Å². The second-order valence-electron chi connectivity index (χ2n) is 7.51. The summed E-state index contributed by atoms with van der Waals surface area (Å²) in [7, 11) is -3.81. The lowest BCUT2D eigenvalue weighted by Crippen LogP contribution is -2.53. The third kappa shape index (κ3) is 5.49. The number of sulfonamides is 1. The van der Waals surface area contributed by atoms with E-state index in [1.807, 2.05) is 0 Å². The van der Waals surface area contributed by atoms with Gasteiger partial charge in [0.1, 0.15) is 6.04 Å². The first-order valence-electron chi connectivity index (χ1n) is 9.83. The van der Waals surface area contributed by atoms with Crippen molar-refractivity contribution in [3.63, 3.8) is 0 Å². The predicted octanol–water partition coefficient (Wildman–Crippen LogP) is 2.33. The summed E-state index contributed by atoms with van der Waals surface area (Å²) < 4.78 is 65.4. The van der Waals surface area contributed by atoms with Crippen LogP contribution in [0.3, 0.4) is 0 Å². The van der Waals surface area contributed by atoms with Gasteiger partial charge in [0.2, 0.25) is 15.9 Å². The van der Waals surface area contributed by atoms with Crippen LogP contribution in [0, 0.1) is 0 Å². The summed E-state index contributed by atoms with van der Waals surface area (Å²) in [5.74, 6) is -0.307. The molecule has 162 valence electrons. The number of nitrogens with zero attached hydrogens (tertiary/aromatic N) is 3. The van der Waals surface area contributed by atoms with Gasteiger partial charge in [0.15, 0.2) is 0 Å². The van der Waals surface area contributed by atoms with E-state index in [0.29, 0.717) is 25.8 Å². The molecule has 2 fully saturated rings. The molecule has 1 amide bonds. The molecular formula is C19H26F3N3O3S. The maximum absolute atomic E-state index is 13.2. The number of piperidine rings is 1. The average molecular weight is 433 g/mol. The first kappa shape index (κ1) is 22.0. The topological polar surface area (TPSA) is 60.9 Å². The fraction of sp³-hybridized carbons (Fsp3) is 0.632. The Morgan fingerprint density at radius 3 is 2.38 bits per heavy atom. The van der Waals surface area contributed by atoms with Crippen LogP contribution >= 0.6 is 0 Å². The number of hydrogen-bond donors (Lipinski definition) is 0. The van der Waals surface area contributed by atoms with Gasteiger partial charge >= 0.3 is 6.18 Å². The van der Waals surface area contributed by atoms with E-state index in [1.165, 1.54) is 26.2 Å². The van der Waals surface area contributed by atoms with Crippen LogP contribution in [0.2, 0.25) is 0 Å². The monoisotopic (exact) mass is 433 g/mol. The molecule has 0 spiro atoms. The highest BCUT2D eigenvalue weighted by molar-refractivity contribution is 7.89. The van der Waals surface area contributed by atoms with Gasteiger partial charge in [0.25, 0.3) is 0 Å². The van der Waals surface area contributed by atoms with Gasteiger partial charge in [-0.15, -0.1) is 0 Å². The molecule has 0 saturated carbocycles. The van der Waals surface area contributed by atoms with E-state index < -0.39 is 28.8 Å². The summed E-state index contributed by atoms with van der Waals surface area (Å²) in [5.41, 5.74) is 0. The normalized spacial score (nSPS) is 23.0. The zero-order chi connectivity index (χ0) is 21.1. The minimum atomic E-state index is -4.27. The van der Waals surface area contributed by atoms with Gasteiger partial charge in [-0.25, -0.2) is 8.42 Å². The molecule has 1 unspecified atom stereocenters.